The van der Waals surface area contributed by atoms with E-state index in [2.05, 4.69) is 32.5 Å². The molecule has 102 valence electrons. The molecule has 0 amide bonds. The van der Waals surface area contributed by atoms with Gasteiger partial charge in [-0.15, -0.1) is 5.10 Å². The van der Waals surface area contributed by atoms with Gasteiger partial charge >= 0.3 is 0 Å². The number of hydrogen-bond donors (Lipinski definition) is 1. The van der Waals surface area contributed by atoms with Crippen LogP contribution in [0.15, 0.2) is 36.7 Å². The minimum Gasteiger partial charge on any atom is -0.313 e. The Morgan fingerprint density at radius 1 is 1.15 bits per heavy atom. The lowest BCUT2D eigenvalue weighted by atomic mass is 10.3. The first kappa shape index (κ1) is 12.7. The van der Waals surface area contributed by atoms with Crippen molar-refractivity contribution in [1.82, 2.24) is 30.3 Å². The number of nitrogens with one attached hydrogen (secondary N) is 1. The second-order valence-electron chi connectivity index (χ2n) is 4.56. The summed E-state index contributed by atoms with van der Waals surface area (Å²) in [5.74, 6) is 0.540. The van der Waals surface area contributed by atoms with Gasteiger partial charge in [0.15, 0.2) is 0 Å². The number of para-hydroxylation sites is 1. The van der Waals surface area contributed by atoms with Crippen molar-refractivity contribution in [2.24, 2.45) is 0 Å². The summed E-state index contributed by atoms with van der Waals surface area (Å²) < 4.78 is 1.65. The Labute approximate surface area is 116 Å². The molecular formula is C14H16N6. The lowest BCUT2D eigenvalue weighted by Crippen LogP contribution is -2.14. The smallest absolute Gasteiger partial charge is 0.252 e. The van der Waals surface area contributed by atoms with Gasteiger partial charge in [0.1, 0.15) is 5.52 Å². The Hall–Kier alpha value is -2.34. The fourth-order valence-electron chi connectivity index (χ4n) is 1.97. The van der Waals surface area contributed by atoms with Gasteiger partial charge in [-0.05, 0) is 25.1 Å². The molecule has 0 saturated heterocycles. The van der Waals surface area contributed by atoms with Gasteiger partial charge < -0.3 is 5.32 Å². The lowest BCUT2D eigenvalue weighted by molar-refractivity contribution is 0.669. The molecule has 6 heteroatoms. The second-order valence-corrected chi connectivity index (χ2v) is 4.56. The Morgan fingerprint density at radius 2 is 1.95 bits per heavy atom. The Balaban J connectivity index is 1.84. The van der Waals surface area contributed by atoms with Gasteiger partial charge in [-0.3, -0.25) is 0 Å². The average molecular weight is 268 g/mol. The molecule has 1 N–H and O–H groups in total. The van der Waals surface area contributed by atoms with Crippen molar-refractivity contribution in [2.75, 3.05) is 6.54 Å². The molecule has 2 aromatic heterocycles. The maximum atomic E-state index is 4.36. The zero-order valence-electron chi connectivity index (χ0n) is 11.3. The van der Waals surface area contributed by atoms with E-state index in [1.165, 1.54) is 0 Å². The molecule has 0 saturated carbocycles. The predicted octanol–water partition coefficient (Wildman–Crippen LogP) is 1.71. The summed E-state index contributed by atoms with van der Waals surface area (Å²) in [5.41, 5.74) is 2.81. The van der Waals surface area contributed by atoms with E-state index in [0.29, 0.717) is 5.95 Å². The van der Waals surface area contributed by atoms with E-state index in [9.17, 15) is 0 Å². The highest BCUT2D eigenvalue weighted by atomic mass is 15.5. The van der Waals surface area contributed by atoms with Crippen molar-refractivity contribution in [3.8, 4) is 5.95 Å². The fourth-order valence-corrected chi connectivity index (χ4v) is 1.97. The normalized spacial score (nSPS) is 11.1. The van der Waals surface area contributed by atoms with E-state index in [0.717, 1.165) is 36.1 Å². The highest BCUT2D eigenvalue weighted by Gasteiger charge is 2.07. The number of benzene rings is 1. The fraction of sp³-hybridized carbons (Fsp3) is 0.286. The van der Waals surface area contributed by atoms with Crippen molar-refractivity contribution >= 4 is 11.0 Å². The van der Waals surface area contributed by atoms with E-state index in [1.54, 1.807) is 4.68 Å². The Kier molecular flexibility index (Phi) is 3.64. The molecule has 6 nitrogen and oxygen atoms in total. The van der Waals surface area contributed by atoms with Crippen molar-refractivity contribution in [1.29, 1.82) is 0 Å². The van der Waals surface area contributed by atoms with Crippen molar-refractivity contribution in [3.63, 3.8) is 0 Å². The molecule has 0 aliphatic heterocycles. The third-order valence-corrected chi connectivity index (χ3v) is 2.99. The molecular weight excluding hydrogens is 252 g/mol. The van der Waals surface area contributed by atoms with Crippen LogP contribution in [-0.2, 0) is 6.54 Å². The molecule has 1 aromatic carbocycles. The molecule has 0 aliphatic carbocycles. The summed E-state index contributed by atoms with van der Waals surface area (Å²) in [5, 5.41) is 11.5. The van der Waals surface area contributed by atoms with Crippen LogP contribution in [0.3, 0.4) is 0 Å². The summed E-state index contributed by atoms with van der Waals surface area (Å²) >= 11 is 0. The zero-order valence-corrected chi connectivity index (χ0v) is 11.3. The van der Waals surface area contributed by atoms with Crippen LogP contribution in [0.2, 0.25) is 0 Å². The standard InChI is InChI=1S/C14H16N6/c1-2-7-15-8-11-9-16-14(17-10-11)20-13-6-4-3-5-12(13)18-19-20/h3-6,9-10,15H,2,7-8H2,1H3. The minimum atomic E-state index is 0.540. The van der Waals surface area contributed by atoms with Crippen molar-refractivity contribution in [2.45, 2.75) is 19.9 Å². The van der Waals surface area contributed by atoms with Crippen molar-refractivity contribution in [3.05, 3.63) is 42.2 Å². The highest BCUT2D eigenvalue weighted by Crippen LogP contribution is 2.12. The first-order valence-corrected chi connectivity index (χ1v) is 6.71. The Morgan fingerprint density at radius 3 is 2.75 bits per heavy atom. The zero-order chi connectivity index (χ0) is 13.8. The molecule has 3 aromatic rings. The highest BCUT2D eigenvalue weighted by molar-refractivity contribution is 5.75. The SMILES string of the molecule is CCCNCc1cnc(-n2nnc3ccccc32)nc1. The van der Waals surface area contributed by atoms with Gasteiger partial charge in [0.25, 0.3) is 5.95 Å². The molecule has 0 fully saturated rings. The van der Waals surface area contributed by atoms with E-state index in [4.69, 9.17) is 0 Å². The van der Waals surface area contributed by atoms with Crippen molar-refractivity contribution < 1.29 is 0 Å². The van der Waals surface area contributed by atoms with Crippen LogP contribution < -0.4 is 5.32 Å². The van der Waals surface area contributed by atoms with Gasteiger partial charge in [0.2, 0.25) is 0 Å². The number of rotatable bonds is 5. The van der Waals surface area contributed by atoms with E-state index >= 15 is 0 Å². The first-order valence-electron chi connectivity index (χ1n) is 6.71. The van der Waals surface area contributed by atoms with E-state index in [1.807, 2.05) is 36.7 Å². The third kappa shape index (κ3) is 2.50. The van der Waals surface area contributed by atoms with Crippen LogP contribution in [0, 0.1) is 0 Å². The second kappa shape index (κ2) is 5.75. The minimum absolute atomic E-state index is 0.540. The first-order chi connectivity index (χ1) is 9.88. The van der Waals surface area contributed by atoms with Crippen LogP contribution in [0.5, 0.6) is 0 Å². The molecule has 3 rings (SSSR count). The summed E-state index contributed by atoms with van der Waals surface area (Å²) in [6.45, 7) is 3.92. The molecule has 0 radical (unpaired) electrons. The summed E-state index contributed by atoms with van der Waals surface area (Å²) in [7, 11) is 0. The van der Waals surface area contributed by atoms with Crippen LogP contribution >= 0.6 is 0 Å². The largest absolute Gasteiger partial charge is 0.313 e. The van der Waals surface area contributed by atoms with Gasteiger partial charge in [-0.25, -0.2) is 9.97 Å². The lowest BCUT2D eigenvalue weighted by Gasteiger charge is -2.04. The number of fused-ring (bicyclic) bond motifs is 1. The summed E-state index contributed by atoms with van der Waals surface area (Å²) in [6, 6.07) is 7.76. The molecule has 0 unspecified atom stereocenters. The average Bonchev–Trinajstić information content (AvgIpc) is 2.92. The topological polar surface area (TPSA) is 68.5 Å². The summed E-state index contributed by atoms with van der Waals surface area (Å²) in [4.78, 5) is 8.72. The van der Waals surface area contributed by atoms with E-state index in [-0.39, 0.29) is 0 Å². The quantitative estimate of drug-likeness (QED) is 0.713. The molecule has 0 aliphatic rings. The van der Waals surface area contributed by atoms with Gasteiger partial charge in [0.05, 0.1) is 5.52 Å². The maximum Gasteiger partial charge on any atom is 0.252 e. The summed E-state index contributed by atoms with van der Waals surface area (Å²) in [6.07, 6.45) is 4.76. The molecule has 2 heterocycles. The van der Waals surface area contributed by atoms with Crippen LogP contribution in [0.4, 0.5) is 0 Å². The van der Waals surface area contributed by atoms with Gasteiger partial charge in [0, 0.05) is 24.5 Å². The number of nitrogens with zero attached hydrogens (tertiary/aromatic N) is 5. The maximum absolute atomic E-state index is 4.36. The molecule has 0 atom stereocenters. The third-order valence-electron chi connectivity index (χ3n) is 2.99. The van der Waals surface area contributed by atoms with E-state index < -0.39 is 0 Å². The predicted molar refractivity (Wildman–Crippen MR) is 76.5 cm³/mol. The van der Waals surface area contributed by atoms with Gasteiger partial charge in [-0.1, -0.05) is 24.3 Å². The monoisotopic (exact) mass is 268 g/mol. The molecule has 0 spiro atoms. The van der Waals surface area contributed by atoms with Crippen LogP contribution in [0.25, 0.3) is 17.0 Å². The Bertz CT molecular complexity index is 688. The van der Waals surface area contributed by atoms with Crippen LogP contribution in [-0.4, -0.2) is 31.5 Å². The van der Waals surface area contributed by atoms with Gasteiger partial charge in [-0.2, -0.15) is 4.68 Å². The number of aromatic nitrogens is 5. The number of hydrogen-bond acceptors (Lipinski definition) is 5. The molecule has 20 heavy (non-hydrogen) atoms. The molecule has 0 bridgehead atoms. The van der Waals surface area contributed by atoms with Crippen LogP contribution in [0.1, 0.15) is 18.9 Å².